The Morgan fingerprint density at radius 3 is 2.68 bits per heavy atom. The molecule has 0 bridgehead atoms. The molecule has 2 aromatic carbocycles. The predicted molar refractivity (Wildman–Crippen MR) is 100 cm³/mol. The van der Waals surface area contributed by atoms with Crippen molar-refractivity contribution in [3.05, 3.63) is 48.0 Å². The number of hydrogen-bond acceptors (Lipinski definition) is 4. The standard InChI is InChI=1S/C19H20N2O3S/c1-11-4-7-15(8-5-11)25-13(3)19(23)20-14-6-9-17-16(10-14)21-18(22)12(2)24-17/h4-10,12-13H,1-3H3,(H,20,23)(H,21,22)/t12-,13+/m0/s1. The van der Waals surface area contributed by atoms with Crippen LogP contribution in [-0.2, 0) is 9.59 Å². The lowest BCUT2D eigenvalue weighted by molar-refractivity contribution is -0.122. The summed E-state index contributed by atoms with van der Waals surface area (Å²) in [5, 5.41) is 5.41. The van der Waals surface area contributed by atoms with Gasteiger partial charge in [0.2, 0.25) is 5.91 Å². The highest BCUT2D eigenvalue weighted by atomic mass is 32.2. The normalized spacial score (nSPS) is 17.1. The number of anilines is 2. The highest BCUT2D eigenvalue weighted by Gasteiger charge is 2.24. The first-order chi connectivity index (χ1) is 11.9. The molecule has 0 saturated heterocycles. The Balaban J connectivity index is 1.65. The molecular weight excluding hydrogens is 336 g/mol. The topological polar surface area (TPSA) is 67.4 Å². The lowest BCUT2D eigenvalue weighted by atomic mass is 10.2. The summed E-state index contributed by atoms with van der Waals surface area (Å²) in [4.78, 5) is 25.2. The summed E-state index contributed by atoms with van der Waals surface area (Å²) >= 11 is 1.50. The van der Waals surface area contributed by atoms with Crippen molar-refractivity contribution < 1.29 is 14.3 Å². The van der Waals surface area contributed by atoms with Crippen LogP contribution in [0.5, 0.6) is 5.75 Å². The van der Waals surface area contributed by atoms with Gasteiger partial charge in [0.25, 0.3) is 5.91 Å². The third-order valence-electron chi connectivity index (χ3n) is 3.88. The zero-order valence-corrected chi connectivity index (χ0v) is 15.1. The van der Waals surface area contributed by atoms with E-state index in [9.17, 15) is 9.59 Å². The summed E-state index contributed by atoms with van der Waals surface area (Å²) in [6.45, 7) is 5.59. The van der Waals surface area contributed by atoms with E-state index < -0.39 is 6.10 Å². The maximum absolute atomic E-state index is 12.4. The van der Waals surface area contributed by atoms with E-state index >= 15 is 0 Å². The van der Waals surface area contributed by atoms with Crippen molar-refractivity contribution in [3.8, 4) is 5.75 Å². The summed E-state index contributed by atoms with van der Waals surface area (Å²) in [5.41, 5.74) is 2.38. The van der Waals surface area contributed by atoms with Gasteiger partial charge in [-0.2, -0.15) is 0 Å². The average Bonchev–Trinajstić information content (AvgIpc) is 2.58. The predicted octanol–water partition coefficient (Wildman–Crippen LogP) is 3.83. The van der Waals surface area contributed by atoms with Crippen LogP contribution in [0, 0.1) is 6.92 Å². The molecule has 1 aliphatic heterocycles. The minimum atomic E-state index is -0.515. The lowest BCUT2D eigenvalue weighted by Gasteiger charge is -2.23. The maximum Gasteiger partial charge on any atom is 0.265 e. The molecule has 2 amide bonds. The molecule has 2 aromatic rings. The van der Waals surface area contributed by atoms with Crippen molar-refractivity contribution in [2.24, 2.45) is 0 Å². The van der Waals surface area contributed by atoms with Gasteiger partial charge in [0.05, 0.1) is 10.9 Å². The molecule has 0 radical (unpaired) electrons. The molecule has 0 saturated carbocycles. The van der Waals surface area contributed by atoms with Crippen molar-refractivity contribution in [2.75, 3.05) is 10.6 Å². The Morgan fingerprint density at radius 2 is 1.96 bits per heavy atom. The second-order valence-corrected chi connectivity index (χ2v) is 7.44. The van der Waals surface area contributed by atoms with E-state index in [1.807, 2.05) is 38.1 Å². The van der Waals surface area contributed by atoms with E-state index in [4.69, 9.17) is 4.74 Å². The monoisotopic (exact) mass is 356 g/mol. The van der Waals surface area contributed by atoms with Gasteiger partial charge >= 0.3 is 0 Å². The molecule has 1 heterocycles. The van der Waals surface area contributed by atoms with Gasteiger partial charge in [-0.1, -0.05) is 17.7 Å². The summed E-state index contributed by atoms with van der Waals surface area (Å²) in [5.74, 6) is 0.313. The molecular formula is C19H20N2O3S. The van der Waals surface area contributed by atoms with E-state index in [2.05, 4.69) is 10.6 Å². The largest absolute Gasteiger partial charge is 0.479 e. The molecule has 0 aromatic heterocycles. The molecule has 6 heteroatoms. The van der Waals surface area contributed by atoms with Gasteiger partial charge in [0.15, 0.2) is 6.10 Å². The van der Waals surface area contributed by atoms with Crippen molar-refractivity contribution in [1.82, 2.24) is 0 Å². The molecule has 3 rings (SSSR count). The van der Waals surface area contributed by atoms with Gasteiger partial charge in [0.1, 0.15) is 5.75 Å². The fraction of sp³-hybridized carbons (Fsp3) is 0.263. The summed E-state index contributed by atoms with van der Waals surface area (Å²) in [6.07, 6.45) is -0.515. The highest BCUT2D eigenvalue weighted by Crippen LogP contribution is 2.32. The van der Waals surface area contributed by atoms with Crippen molar-refractivity contribution >= 4 is 35.0 Å². The number of amides is 2. The fourth-order valence-corrected chi connectivity index (χ4v) is 3.27. The zero-order valence-electron chi connectivity index (χ0n) is 14.3. The van der Waals surface area contributed by atoms with Crippen LogP contribution >= 0.6 is 11.8 Å². The number of hydrogen-bond donors (Lipinski definition) is 2. The van der Waals surface area contributed by atoms with Gasteiger partial charge in [-0.3, -0.25) is 9.59 Å². The number of benzene rings is 2. The highest BCUT2D eigenvalue weighted by molar-refractivity contribution is 8.00. The Bertz CT molecular complexity index is 805. The quantitative estimate of drug-likeness (QED) is 0.817. The van der Waals surface area contributed by atoms with Crippen LogP contribution in [0.3, 0.4) is 0 Å². The second-order valence-electron chi connectivity index (χ2n) is 6.02. The fourth-order valence-electron chi connectivity index (χ4n) is 2.40. The molecule has 5 nitrogen and oxygen atoms in total. The lowest BCUT2D eigenvalue weighted by Crippen LogP contribution is -2.34. The van der Waals surface area contributed by atoms with Crippen LogP contribution in [-0.4, -0.2) is 23.2 Å². The van der Waals surface area contributed by atoms with Crippen LogP contribution in [0.1, 0.15) is 19.4 Å². The van der Waals surface area contributed by atoms with E-state index in [1.165, 1.54) is 17.3 Å². The molecule has 2 N–H and O–H groups in total. The number of nitrogens with one attached hydrogen (secondary N) is 2. The Morgan fingerprint density at radius 1 is 1.24 bits per heavy atom. The summed E-state index contributed by atoms with van der Waals surface area (Å²) in [6, 6.07) is 13.3. The molecule has 2 atom stereocenters. The SMILES string of the molecule is Cc1ccc(S[C@H](C)C(=O)Nc2ccc3c(c2)NC(=O)[C@H](C)O3)cc1. The molecule has 1 aliphatic rings. The molecule has 130 valence electrons. The smallest absolute Gasteiger partial charge is 0.265 e. The van der Waals surface area contributed by atoms with Gasteiger partial charge in [-0.25, -0.2) is 0 Å². The molecule has 0 unspecified atom stereocenters. The minimum Gasteiger partial charge on any atom is -0.479 e. The maximum atomic E-state index is 12.4. The first-order valence-electron chi connectivity index (χ1n) is 8.08. The molecule has 0 spiro atoms. The van der Waals surface area contributed by atoms with Crippen molar-refractivity contribution in [2.45, 2.75) is 37.0 Å². The number of rotatable bonds is 4. The third-order valence-corrected chi connectivity index (χ3v) is 4.99. The Hall–Kier alpha value is -2.47. The number of aryl methyl sites for hydroxylation is 1. The van der Waals surface area contributed by atoms with Gasteiger partial charge in [-0.15, -0.1) is 11.8 Å². The zero-order chi connectivity index (χ0) is 18.0. The Kier molecular flexibility index (Phi) is 4.99. The average molecular weight is 356 g/mol. The van der Waals surface area contributed by atoms with Crippen LogP contribution in [0.15, 0.2) is 47.4 Å². The van der Waals surface area contributed by atoms with Gasteiger partial charge in [0, 0.05) is 10.6 Å². The third kappa shape index (κ3) is 4.14. The van der Waals surface area contributed by atoms with E-state index in [0.29, 0.717) is 17.1 Å². The number of carbonyl (C=O) groups excluding carboxylic acids is 2. The number of fused-ring (bicyclic) bond motifs is 1. The molecule has 0 fully saturated rings. The van der Waals surface area contributed by atoms with Crippen molar-refractivity contribution in [3.63, 3.8) is 0 Å². The number of ether oxygens (including phenoxy) is 1. The van der Waals surface area contributed by atoms with E-state index in [1.54, 1.807) is 25.1 Å². The first-order valence-corrected chi connectivity index (χ1v) is 8.96. The van der Waals surface area contributed by atoms with Crippen LogP contribution < -0.4 is 15.4 Å². The summed E-state index contributed by atoms with van der Waals surface area (Å²) < 4.78 is 5.51. The second kappa shape index (κ2) is 7.19. The van der Waals surface area contributed by atoms with Gasteiger partial charge < -0.3 is 15.4 Å². The van der Waals surface area contributed by atoms with Gasteiger partial charge in [-0.05, 0) is 51.1 Å². The number of carbonyl (C=O) groups is 2. The van der Waals surface area contributed by atoms with E-state index in [-0.39, 0.29) is 17.1 Å². The summed E-state index contributed by atoms with van der Waals surface area (Å²) in [7, 11) is 0. The first kappa shape index (κ1) is 17.4. The van der Waals surface area contributed by atoms with Crippen LogP contribution in [0.2, 0.25) is 0 Å². The molecule has 25 heavy (non-hydrogen) atoms. The molecule has 0 aliphatic carbocycles. The van der Waals surface area contributed by atoms with E-state index in [0.717, 1.165) is 4.90 Å². The van der Waals surface area contributed by atoms with Crippen LogP contribution in [0.4, 0.5) is 11.4 Å². The minimum absolute atomic E-state index is 0.0954. The Labute approximate surface area is 151 Å². The number of thioether (sulfide) groups is 1. The van der Waals surface area contributed by atoms with Crippen LogP contribution in [0.25, 0.3) is 0 Å². The van der Waals surface area contributed by atoms with Crippen molar-refractivity contribution in [1.29, 1.82) is 0 Å².